The molecule has 3 heteroatoms. The van der Waals surface area contributed by atoms with E-state index in [9.17, 15) is 9.59 Å². The average Bonchev–Trinajstić information content (AvgIpc) is 2.32. The standard InChI is InChI=1S/C15H26O3/c1-5-8-10-13(11-9-6-2)14(12(4)16)15(17)18-7-3/h5-11H2,1-4H3. The normalized spacial score (nSPS) is 10.0. The molecule has 0 aromatic heterocycles. The minimum atomic E-state index is -0.452. The molecule has 0 rings (SSSR count). The largest absolute Gasteiger partial charge is 0.462 e. The van der Waals surface area contributed by atoms with Crippen LogP contribution in [0.5, 0.6) is 0 Å². The molecule has 0 aromatic rings. The number of carbonyl (C=O) groups is 2. The van der Waals surface area contributed by atoms with Crippen LogP contribution in [0.1, 0.15) is 66.2 Å². The second-order valence-corrected chi connectivity index (χ2v) is 4.46. The third-order valence-electron chi connectivity index (χ3n) is 2.85. The molecular weight excluding hydrogens is 228 g/mol. The third-order valence-corrected chi connectivity index (χ3v) is 2.85. The molecule has 0 unspecified atom stereocenters. The minimum Gasteiger partial charge on any atom is -0.462 e. The monoisotopic (exact) mass is 254 g/mol. The van der Waals surface area contributed by atoms with Crippen molar-refractivity contribution in [2.45, 2.75) is 66.2 Å². The van der Waals surface area contributed by atoms with Crippen molar-refractivity contribution in [1.82, 2.24) is 0 Å². The zero-order chi connectivity index (χ0) is 14.0. The van der Waals surface area contributed by atoms with Crippen LogP contribution in [0.25, 0.3) is 0 Å². The Morgan fingerprint density at radius 2 is 1.44 bits per heavy atom. The van der Waals surface area contributed by atoms with E-state index in [2.05, 4.69) is 13.8 Å². The van der Waals surface area contributed by atoms with E-state index in [0.717, 1.165) is 44.1 Å². The molecule has 18 heavy (non-hydrogen) atoms. The second kappa shape index (κ2) is 9.86. The van der Waals surface area contributed by atoms with E-state index in [1.807, 2.05) is 0 Å². The Kier molecular flexibility index (Phi) is 9.25. The first-order valence-corrected chi connectivity index (χ1v) is 6.98. The molecular formula is C15H26O3. The molecule has 3 nitrogen and oxygen atoms in total. The van der Waals surface area contributed by atoms with Gasteiger partial charge in [-0.1, -0.05) is 32.3 Å². The van der Waals surface area contributed by atoms with Crippen LogP contribution in [0.4, 0.5) is 0 Å². The van der Waals surface area contributed by atoms with E-state index in [-0.39, 0.29) is 5.78 Å². The van der Waals surface area contributed by atoms with Gasteiger partial charge in [-0.15, -0.1) is 0 Å². The van der Waals surface area contributed by atoms with Gasteiger partial charge in [0.05, 0.1) is 6.61 Å². The molecule has 0 amide bonds. The van der Waals surface area contributed by atoms with Gasteiger partial charge in [0.2, 0.25) is 0 Å². The van der Waals surface area contributed by atoms with Crippen LogP contribution in [0.15, 0.2) is 11.1 Å². The summed E-state index contributed by atoms with van der Waals surface area (Å²) in [4.78, 5) is 23.5. The molecule has 0 saturated heterocycles. The Balaban J connectivity index is 5.11. The predicted octanol–water partition coefficient (Wildman–Crippen LogP) is 3.82. The van der Waals surface area contributed by atoms with Gasteiger partial charge in [0.15, 0.2) is 5.78 Å². The molecule has 0 N–H and O–H groups in total. The molecule has 0 saturated carbocycles. The smallest absolute Gasteiger partial charge is 0.341 e. The number of ketones is 1. The van der Waals surface area contributed by atoms with Gasteiger partial charge in [0.25, 0.3) is 0 Å². The number of allylic oxidation sites excluding steroid dienone is 1. The highest BCUT2D eigenvalue weighted by molar-refractivity contribution is 6.17. The lowest BCUT2D eigenvalue weighted by atomic mass is 9.95. The fourth-order valence-corrected chi connectivity index (χ4v) is 1.90. The lowest BCUT2D eigenvalue weighted by molar-refractivity contribution is -0.139. The summed E-state index contributed by atoms with van der Waals surface area (Å²) >= 11 is 0. The predicted molar refractivity (Wildman–Crippen MR) is 73.4 cm³/mol. The van der Waals surface area contributed by atoms with Crippen LogP contribution < -0.4 is 0 Å². The van der Waals surface area contributed by atoms with Gasteiger partial charge in [-0.2, -0.15) is 0 Å². The quantitative estimate of drug-likeness (QED) is 0.272. The molecule has 0 bridgehead atoms. The van der Waals surface area contributed by atoms with Crippen molar-refractivity contribution in [2.24, 2.45) is 0 Å². The van der Waals surface area contributed by atoms with Crippen LogP contribution in [-0.2, 0) is 14.3 Å². The van der Waals surface area contributed by atoms with Crippen molar-refractivity contribution < 1.29 is 14.3 Å². The molecule has 0 aliphatic rings. The number of unbranched alkanes of at least 4 members (excludes halogenated alkanes) is 2. The SMILES string of the molecule is CCCCC(CCCC)=C(C(C)=O)C(=O)OCC. The molecule has 104 valence electrons. The van der Waals surface area contributed by atoms with Gasteiger partial charge in [0, 0.05) is 0 Å². The summed E-state index contributed by atoms with van der Waals surface area (Å²) in [5.74, 6) is -0.622. The zero-order valence-corrected chi connectivity index (χ0v) is 12.2. The fraction of sp³-hybridized carbons (Fsp3) is 0.733. The Labute approximate surface area is 111 Å². The first-order valence-electron chi connectivity index (χ1n) is 6.98. The Bertz CT molecular complexity index is 293. The summed E-state index contributed by atoms with van der Waals surface area (Å²) in [6, 6.07) is 0. The lowest BCUT2D eigenvalue weighted by Crippen LogP contribution is -2.16. The molecule has 0 aliphatic carbocycles. The maximum Gasteiger partial charge on any atom is 0.341 e. The molecule has 0 aromatic carbocycles. The summed E-state index contributed by atoms with van der Waals surface area (Å²) in [6.45, 7) is 7.73. The number of esters is 1. The van der Waals surface area contributed by atoms with Crippen molar-refractivity contribution in [3.8, 4) is 0 Å². The molecule has 0 radical (unpaired) electrons. The number of Topliss-reactive ketones (excluding diaryl/α,β-unsaturated/α-hetero) is 1. The molecule has 0 fully saturated rings. The highest BCUT2D eigenvalue weighted by Gasteiger charge is 2.20. The third kappa shape index (κ3) is 5.99. The second-order valence-electron chi connectivity index (χ2n) is 4.46. The summed E-state index contributed by atoms with van der Waals surface area (Å²) in [5, 5.41) is 0. The summed E-state index contributed by atoms with van der Waals surface area (Å²) in [7, 11) is 0. The Morgan fingerprint density at radius 3 is 1.78 bits per heavy atom. The maximum atomic E-state index is 11.9. The van der Waals surface area contributed by atoms with Crippen molar-refractivity contribution in [3.05, 3.63) is 11.1 Å². The number of hydrogen-bond acceptors (Lipinski definition) is 3. The molecule has 0 spiro atoms. The molecule has 0 aliphatic heterocycles. The van der Waals surface area contributed by atoms with E-state index < -0.39 is 5.97 Å². The van der Waals surface area contributed by atoms with Gasteiger partial charge in [-0.05, 0) is 39.5 Å². The summed E-state index contributed by atoms with van der Waals surface area (Å²) in [5.41, 5.74) is 1.27. The van der Waals surface area contributed by atoms with Gasteiger partial charge < -0.3 is 4.74 Å². The van der Waals surface area contributed by atoms with Crippen molar-refractivity contribution in [2.75, 3.05) is 6.61 Å². The topological polar surface area (TPSA) is 43.4 Å². The van der Waals surface area contributed by atoms with Crippen LogP contribution in [-0.4, -0.2) is 18.4 Å². The summed E-state index contributed by atoms with van der Waals surface area (Å²) in [6.07, 6.45) is 5.78. The van der Waals surface area contributed by atoms with E-state index >= 15 is 0 Å². The number of ether oxygens (including phenoxy) is 1. The number of hydrogen-bond donors (Lipinski definition) is 0. The molecule has 0 atom stereocenters. The van der Waals surface area contributed by atoms with Crippen molar-refractivity contribution in [3.63, 3.8) is 0 Å². The summed E-state index contributed by atoms with van der Waals surface area (Å²) < 4.78 is 4.99. The van der Waals surface area contributed by atoms with Crippen LogP contribution in [0.2, 0.25) is 0 Å². The van der Waals surface area contributed by atoms with E-state index in [0.29, 0.717) is 12.2 Å². The average molecular weight is 254 g/mol. The minimum absolute atomic E-state index is 0.171. The first kappa shape index (κ1) is 16.9. The van der Waals surface area contributed by atoms with Gasteiger partial charge in [-0.25, -0.2) is 4.79 Å². The van der Waals surface area contributed by atoms with Gasteiger partial charge in [-0.3, -0.25) is 4.79 Å². The first-order chi connectivity index (χ1) is 8.58. The maximum absolute atomic E-state index is 11.9. The van der Waals surface area contributed by atoms with Gasteiger partial charge in [0.1, 0.15) is 5.57 Å². The lowest BCUT2D eigenvalue weighted by Gasteiger charge is -2.12. The Hall–Kier alpha value is -1.12. The van der Waals surface area contributed by atoms with Crippen molar-refractivity contribution >= 4 is 11.8 Å². The number of carbonyl (C=O) groups excluding carboxylic acids is 2. The van der Waals surface area contributed by atoms with Crippen LogP contribution in [0.3, 0.4) is 0 Å². The van der Waals surface area contributed by atoms with E-state index in [1.54, 1.807) is 6.92 Å². The fourth-order valence-electron chi connectivity index (χ4n) is 1.90. The van der Waals surface area contributed by atoms with Crippen LogP contribution in [0, 0.1) is 0 Å². The van der Waals surface area contributed by atoms with Crippen LogP contribution >= 0.6 is 0 Å². The van der Waals surface area contributed by atoms with Gasteiger partial charge >= 0.3 is 5.97 Å². The van der Waals surface area contributed by atoms with Crippen molar-refractivity contribution in [1.29, 1.82) is 0 Å². The highest BCUT2D eigenvalue weighted by Crippen LogP contribution is 2.21. The Morgan fingerprint density at radius 1 is 0.944 bits per heavy atom. The number of rotatable bonds is 9. The zero-order valence-electron chi connectivity index (χ0n) is 12.2. The van der Waals surface area contributed by atoms with E-state index in [4.69, 9.17) is 4.74 Å². The van der Waals surface area contributed by atoms with E-state index in [1.165, 1.54) is 6.92 Å². The highest BCUT2D eigenvalue weighted by atomic mass is 16.5. The molecule has 0 heterocycles.